The summed E-state index contributed by atoms with van der Waals surface area (Å²) in [4.78, 5) is 6.58. The van der Waals surface area contributed by atoms with Crippen molar-refractivity contribution in [1.82, 2.24) is 35.5 Å². The molecule has 10 nitrogen and oxygen atoms in total. The van der Waals surface area contributed by atoms with Gasteiger partial charge in [-0.15, -0.1) is 15.3 Å². The lowest BCUT2D eigenvalue weighted by Gasteiger charge is -2.52. The van der Waals surface area contributed by atoms with E-state index >= 15 is 4.39 Å². The molecule has 35 heavy (non-hydrogen) atoms. The summed E-state index contributed by atoms with van der Waals surface area (Å²) in [6, 6.07) is 6.69. The van der Waals surface area contributed by atoms with Gasteiger partial charge in [-0.05, 0) is 57.6 Å². The van der Waals surface area contributed by atoms with Crippen molar-refractivity contribution in [3.05, 3.63) is 36.3 Å². The van der Waals surface area contributed by atoms with Crippen LogP contribution in [0.5, 0.6) is 5.75 Å². The number of nitrogens with zero attached hydrogens (tertiary/aromatic N) is 8. The molecular weight excluding hydrogens is 449 g/mol. The molecule has 2 aliphatic heterocycles. The lowest BCUT2D eigenvalue weighted by molar-refractivity contribution is 0.0584. The summed E-state index contributed by atoms with van der Waals surface area (Å²) in [6.07, 6.45) is 7.85. The molecular formula is C24H26FN9O. The standard InChI is InChI=1S/C24H26FN9O/c1-24-8-2-3-18(28-24)22(25)19(10-24)34(15-4-5-15)21-12-27-23(31-30-21)17-7-6-16(9-20(17)35)33-13-14(11-26)29-32-33/h6-7,9,12-13,15,18-19,22,28,35H,2-5,8,10H2,1H3/t18-,19-,22+,24-/m0/s1. The number of fused-ring (bicyclic) bond motifs is 2. The van der Waals surface area contributed by atoms with Crippen LogP contribution >= 0.6 is 0 Å². The molecule has 1 aromatic carbocycles. The first kappa shape index (κ1) is 21.9. The van der Waals surface area contributed by atoms with Crippen LogP contribution in [0.25, 0.3) is 17.1 Å². The monoisotopic (exact) mass is 475 g/mol. The van der Waals surface area contributed by atoms with E-state index in [0.29, 0.717) is 17.1 Å². The number of halogens is 1. The Morgan fingerprint density at radius 2 is 2.11 bits per heavy atom. The Balaban J connectivity index is 1.26. The Kier molecular flexibility index (Phi) is 5.14. The number of nitriles is 1. The van der Waals surface area contributed by atoms with E-state index in [4.69, 9.17) is 5.26 Å². The quantitative estimate of drug-likeness (QED) is 0.572. The van der Waals surface area contributed by atoms with E-state index in [1.54, 1.807) is 18.3 Å². The average Bonchev–Trinajstić information content (AvgIpc) is 3.57. The smallest absolute Gasteiger partial charge is 0.185 e. The number of phenolic OH excluding ortho intramolecular Hbond substituents is 1. The Bertz CT molecular complexity index is 1280. The zero-order valence-electron chi connectivity index (χ0n) is 19.3. The van der Waals surface area contributed by atoms with Crippen LogP contribution in [-0.4, -0.2) is 65.1 Å². The average molecular weight is 476 g/mol. The molecule has 0 amide bonds. The summed E-state index contributed by atoms with van der Waals surface area (Å²) >= 11 is 0. The lowest BCUT2D eigenvalue weighted by Crippen LogP contribution is -2.67. The van der Waals surface area contributed by atoms with Gasteiger partial charge in [0.2, 0.25) is 0 Å². The zero-order chi connectivity index (χ0) is 24.2. The summed E-state index contributed by atoms with van der Waals surface area (Å²) in [7, 11) is 0. The van der Waals surface area contributed by atoms with E-state index in [-0.39, 0.29) is 40.9 Å². The van der Waals surface area contributed by atoms with E-state index in [0.717, 1.165) is 38.5 Å². The summed E-state index contributed by atoms with van der Waals surface area (Å²) in [5.74, 6) is 0.805. The van der Waals surface area contributed by atoms with Gasteiger partial charge in [0.1, 0.15) is 18.0 Å². The number of benzene rings is 1. The minimum atomic E-state index is -0.972. The third kappa shape index (κ3) is 3.97. The van der Waals surface area contributed by atoms with E-state index in [2.05, 4.69) is 42.6 Å². The predicted molar refractivity (Wildman–Crippen MR) is 125 cm³/mol. The van der Waals surface area contributed by atoms with Crippen LogP contribution in [-0.2, 0) is 0 Å². The van der Waals surface area contributed by atoms with Crippen LogP contribution in [0.2, 0.25) is 0 Å². The molecule has 0 spiro atoms. The van der Waals surface area contributed by atoms with Crippen molar-refractivity contribution < 1.29 is 9.50 Å². The molecule has 2 saturated heterocycles. The van der Waals surface area contributed by atoms with E-state index < -0.39 is 6.17 Å². The fourth-order valence-corrected chi connectivity index (χ4v) is 5.58. The first-order valence-corrected chi connectivity index (χ1v) is 12.0. The number of hydrogen-bond donors (Lipinski definition) is 2. The number of aromatic nitrogens is 6. The van der Waals surface area contributed by atoms with Crippen molar-refractivity contribution in [1.29, 1.82) is 5.26 Å². The highest BCUT2D eigenvalue weighted by molar-refractivity contribution is 5.66. The highest BCUT2D eigenvalue weighted by atomic mass is 19.1. The number of piperidine rings is 2. The molecule has 2 bridgehead atoms. The topological polar surface area (TPSA) is 129 Å². The van der Waals surface area contributed by atoms with Crippen molar-refractivity contribution in [2.24, 2.45) is 0 Å². The number of alkyl halides is 1. The lowest BCUT2D eigenvalue weighted by atomic mass is 9.74. The van der Waals surface area contributed by atoms with Crippen LogP contribution in [0.1, 0.15) is 51.1 Å². The van der Waals surface area contributed by atoms with Gasteiger partial charge >= 0.3 is 0 Å². The molecule has 2 N–H and O–H groups in total. The van der Waals surface area contributed by atoms with E-state index in [1.807, 2.05) is 6.07 Å². The second-order valence-electron chi connectivity index (χ2n) is 10.1. The van der Waals surface area contributed by atoms with Gasteiger partial charge in [0.25, 0.3) is 0 Å². The number of nitrogens with one attached hydrogen (secondary N) is 1. The van der Waals surface area contributed by atoms with E-state index in [1.165, 1.54) is 16.9 Å². The maximum atomic E-state index is 15.6. The van der Waals surface area contributed by atoms with Gasteiger partial charge in [0.15, 0.2) is 17.3 Å². The molecule has 1 aliphatic carbocycles. The summed E-state index contributed by atoms with van der Waals surface area (Å²) < 4.78 is 17.0. The number of aromatic hydroxyl groups is 1. The van der Waals surface area contributed by atoms with Gasteiger partial charge in [-0.25, -0.2) is 14.1 Å². The Labute approximate surface area is 201 Å². The van der Waals surface area contributed by atoms with Crippen LogP contribution in [0.4, 0.5) is 10.2 Å². The summed E-state index contributed by atoms with van der Waals surface area (Å²) in [6.45, 7) is 2.20. The Morgan fingerprint density at radius 1 is 1.26 bits per heavy atom. The molecule has 3 aliphatic rings. The Morgan fingerprint density at radius 3 is 2.80 bits per heavy atom. The molecule has 0 radical (unpaired) electrons. The Hall–Kier alpha value is -3.65. The van der Waals surface area contributed by atoms with Crippen LogP contribution < -0.4 is 10.2 Å². The van der Waals surface area contributed by atoms with Crippen molar-refractivity contribution in [3.63, 3.8) is 0 Å². The molecule has 4 atom stereocenters. The highest BCUT2D eigenvalue weighted by Gasteiger charge is 2.50. The molecule has 11 heteroatoms. The SMILES string of the molecule is C[C@@]12CCC[C@H](N1)[C@@H](F)[C@@H](N(c1cnc(-c3ccc(-n4cc(C#N)nn4)cc3O)nn1)C1CC1)C2. The van der Waals surface area contributed by atoms with Crippen molar-refractivity contribution in [2.75, 3.05) is 4.90 Å². The first-order valence-electron chi connectivity index (χ1n) is 12.0. The second-order valence-corrected chi connectivity index (χ2v) is 10.1. The summed E-state index contributed by atoms with van der Waals surface area (Å²) in [5, 5.41) is 39.4. The molecule has 0 unspecified atom stereocenters. The first-order chi connectivity index (χ1) is 16.9. The van der Waals surface area contributed by atoms with E-state index in [9.17, 15) is 5.11 Å². The normalized spacial score (nSPS) is 27.9. The van der Waals surface area contributed by atoms with Crippen molar-refractivity contribution in [2.45, 2.75) is 75.3 Å². The molecule has 3 fully saturated rings. The van der Waals surface area contributed by atoms with Gasteiger partial charge in [0.05, 0.1) is 29.7 Å². The number of hydrogen-bond acceptors (Lipinski definition) is 9. The van der Waals surface area contributed by atoms with Gasteiger partial charge in [-0.3, -0.25) is 0 Å². The molecule has 3 aromatic rings. The molecule has 6 rings (SSSR count). The van der Waals surface area contributed by atoms with Crippen molar-refractivity contribution in [3.8, 4) is 28.9 Å². The minimum Gasteiger partial charge on any atom is -0.507 e. The van der Waals surface area contributed by atoms with Crippen LogP contribution in [0, 0.1) is 11.3 Å². The minimum absolute atomic E-state index is 0.0481. The van der Waals surface area contributed by atoms with Crippen molar-refractivity contribution >= 4 is 5.82 Å². The maximum absolute atomic E-state index is 15.6. The molecule has 4 heterocycles. The molecule has 1 saturated carbocycles. The third-order valence-electron chi connectivity index (χ3n) is 7.40. The van der Waals surface area contributed by atoms with Gasteiger partial charge in [-0.2, -0.15) is 5.26 Å². The number of anilines is 1. The highest BCUT2D eigenvalue weighted by Crippen LogP contribution is 2.42. The van der Waals surface area contributed by atoms with Gasteiger partial charge < -0.3 is 15.3 Å². The predicted octanol–water partition coefficient (Wildman–Crippen LogP) is 2.68. The van der Waals surface area contributed by atoms with Crippen LogP contribution in [0.15, 0.2) is 30.6 Å². The number of rotatable bonds is 5. The third-order valence-corrected chi connectivity index (χ3v) is 7.40. The fraction of sp³-hybridized carbons (Fsp3) is 0.500. The zero-order valence-corrected chi connectivity index (χ0v) is 19.3. The van der Waals surface area contributed by atoms with Crippen LogP contribution in [0.3, 0.4) is 0 Å². The van der Waals surface area contributed by atoms with Gasteiger partial charge in [0, 0.05) is 23.7 Å². The fourth-order valence-electron chi connectivity index (χ4n) is 5.58. The summed E-state index contributed by atoms with van der Waals surface area (Å²) in [5.41, 5.74) is 1.08. The largest absolute Gasteiger partial charge is 0.507 e. The molecule has 2 aromatic heterocycles. The molecule has 180 valence electrons. The maximum Gasteiger partial charge on any atom is 0.185 e. The van der Waals surface area contributed by atoms with Gasteiger partial charge in [-0.1, -0.05) is 5.21 Å². The second kappa shape index (κ2) is 8.23. The number of phenols is 1.